The number of carbonyl (C=O) groups excluding carboxylic acids is 1. The summed E-state index contributed by atoms with van der Waals surface area (Å²) >= 11 is 3.32. The van der Waals surface area contributed by atoms with Crippen molar-refractivity contribution in [3.63, 3.8) is 0 Å². The number of unbranched alkanes of at least 4 members (excludes halogenated alkanes) is 1. The number of pyridine rings is 1. The number of H-pyrrole nitrogens is 1. The summed E-state index contributed by atoms with van der Waals surface area (Å²) in [6.45, 7) is 5.94. The second kappa shape index (κ2) is 7.48. The van der Waals surface area contributed by atoms with E-state index in [-0.39, 0.29) is 23.1 Å². The molecule has 4 nitrogen and oxygen atoms in total. The van der Waals surface area contributed by atoms with E-state index in [2.05, 4.69) is 33.2 Å². The normalized spacial score (nSPS) is 12.2. The molecule has 0 unspecified atom stereocenters. The van der Waals surface area contributed by atoms with Crippen molar-refractivity contribution in [2.45, 2.75) is 52.5 Å². The van der Waals surface area contributed by atoms with Crippen LogP contribution in [0.1, 0.15) is 55.6 Å². The smallest absolute Gasteiger partial charge is 0.261 e. The van der Waals surface area contributed by atoms with E-state index in [0.29, 0.717) is 0 Å². The first-order valence-corrected chi connectivity index (χ1v) is 7.49. The van der Waals surface area contributed by atoms with E-state index in [4.69, 9.17) is 0 Å². The van der Waals surface area contributed by atoms with Crippen LogP contribution in [0.5, 0.6) is 0 Å². The minimum absolute atomic E-state index is 0.131. The molecular formula is C14H21BrN2O2. The Hall–Kier alpha value is -1.10. The maximum atomic E-state index is 12.1. The minimum Gasteiger partial charge on any atom is -0.349 e. The van der Waals surface area contributed by atoms with Crippen LogP contribution in [-0.2, 0) is 0 Å². The van der Waals surface area contributed by atoms with Crippen molar-refractivity contribution in [2.75, 3.05) is 0 Å². The van der Waals surface area contributed by atoms with Crippen LogP contribution in [-0.4, -0.2) is 16.9 Å². The largest absolute Gasteiger partial charge is 0.349 e. The van der Waals surface area contributed by atoms with E-state index in [0.717, 1.165) is 35.8 Å². The third kappa shape index (κ3) is 4.49. The molecule has 0 saturated heterocycles. The van der Waals surface area contributed by atoms with Crippen molar-refractivity contribution < 1.29 is 4.79 Å². The number of hydrogen-bond donors (Lipinski definition) is 2. The summed E-state index contributed by atoms with van der Waals surface area (Å²) < 4.78 is 0.735. The zero-order valence-electron chi connectivity index (χ0n) is 11.7. The zero-order valence-corrected chi connectivity index (χ0v) is 13.3. The first-order valence-electron chi connectivity index (χ1n) is 6.69. The lowest BCUT2D eigenvalue weighted by Gasteiger charge is -2.16. The SMILES string of the molecule is CCCC[C@@H](CC)NC(=O)c1cc(Br)c(C)[nH]c1=O. The van der Waals surface area contributed by atoms with Crippen LogP contribution < -0.4 is 10.9 Å². The quantitative estimate of drug-likeness (QED) is 0.842. The van der Waals surface area contributed by atoms with E-state index in [1.165, 1.54) is 0 Å². The number of halogens is 1. The zero-order chi connectivity index (χ0) is 14.4. The van der Waals surface area contributed by atoms with Crippen LogP contribution in [0.25, 0.3) is 0 Å². The number of rotatable bonds is 6. The summed E-state index contributed by atoms with van der Waals surface area (Å²) in [6, 6.07) is 1.71. The van der Waals surface area contributed by atoms with Gasteiger partial charge in [0.1, 0.15) is 5.56 Å². The van der Waals surface area contributed by atoms with Gasteiger partial charge in [-0.05, 0) is 41.8 Å². The summed E-state index contributed by atoms with van der Waals surface area (Å²) in [6.07, 6.45) is 4.00. The molecule has 0 spiro atoms. The molecule has 0 aromatic carbocycles. The molecule has 0 aliphatic rings. The molecule has 0 aliphatic carbocycles. The third-order valence-electron chi connectivity index (χ3n) is 3.15. The first kappa shape index (κ1) is 16.0. The van der Waals surface area contributed by atoms with Crippen LogP contribution in [0.2, 0.25) is 0 Å². The topological polar surface area (TPSA) is 62.0 Å². The number of aromatic nitrogens is 1. The van der Waals surface area contributed by atoms with Crippen LogP contribution in [0.15, 0.2) is 15.3 Å². The molecule has 1 amide bonds. The molecule has 0 saturated carbocycles. The molecule has 1 heterocycles. The number of aromatic amines is 1. The van der Waals surface area contributed by atoms with Gasteiger partial charge in [0.15, 0.2) is 0 Å². The average Bonchev–Trinajstić information content (AvgIpc) is 2.38. The maximum Gasteiger partial charge on any atom is 0.261 e. The minimum atomic E-state index is -0.344. The summed E-state index contributed by atoms with van der Waals surface area (Å²) in [5.74, 6) is -0.301. The number of nitrogens with one attached hydrogen (secondary N) is 2. The van der Waals surface area contributed by atoms with Crippen molar-refractivity contribution in [2.24, 2.45) is 0 Å². The van der Waals surface area contributed by atoms with Gasteiger partial charge in [0.25, 0.3) is 11.5 Å². The highest BCUT2D eigenvalue weighted by atomic mass is 79.9. The van der Waals surface area contributed by atoms with Gasteiger partial charge in [0.05, 0.1) is 0 Å². The molecule has 0 bridgehead atoms. The highest BCUT2D eigenvalue weighted by molar-refractivity contribution is 9.10. The molecule has 1 atom stereocenters. The Morgan fingerprint density at radius 3 is 2.74 bits per heavy atom. The van der Waals surface area contributed by atoms with Gasteiger partial charge in [-0.15, -0.1) is 0 Å². The molecule has 106 valence electrons. The Bertz CT molecular complexity index is 497. The number of amides is 1. The molecule has 0 radical (unpaired) electrons. The lowest BCUT2D eigenvalue weighted by Crippen LogP contribution is -2.37. The molecule has 1 rings (SSSR count). The fraction of sp³-hybridized carbons (Fsp3) is 0.571. The lowest BCUT2D eigenvalue weighted by molar-refractivity contribution is 0.0931. The van der Waals surface area contributed by atoms with Gasteiger partial charge in [-0.2, -0.15) is 0 Å². The molecular weight excluding hydrogens is 308 g/mol. The Morgan fingerprint density at radius 2 is 2.16 bits per heavy atom. The summed E-state index contributed by atoms with van der Waals surface area (Å²) in [5, 5.41) is 2.93. The van der Waals surface area contributed by atoms with Crippen molar-refractivity contribution in [3.8, 4) is 0 Å². The van der Waals surface area contributed by atoms with Crippen molar-refractivity contribution in [3.05, 3.63) is 32.2 Å². The summed E-state index contributed by atoms with van der Waals surface area (Å²) in [7, 11) is 0. The molecule has 0 aliphatic heterocycles. The summed E-state index contributed by atoms with van der Waals surface area (Å²) in [5.41, 5.74) is 0.538. The molecule has 19 heavy (non-hydrogen) atoms. The van der Waals surface area contributed by atoms with E-state index in [1.54, 1.807) is 13.0 Å². The summed E-state index contributed by atoms with van der Waals surface area (Å²) in [4.78, 5) is 26.5. The number of aryl methyl sites for hydroxylation is 1. The van der Waals surface area contributed by atoms with Crippen LogP contribution in [0.3, 0.4) is 0 Å². The van der Waals surface area contributed by atoms with Gasteiger partial charge in [0.2, 0.25) is 0 Å². The standard InChI is InChI=1S/C14H21BrN2O2/c1-4-6-7-10(5-2)17-14(19)11-8-12(15)9(3)16-13(11)18/h8,10H,4-7H2,1-3H3,(H,16,18)(H,17,19)/t10-/m1/s1. The Morgan fingerprint density at radius 1 is 1.47 bits per heavy atom. The van der Waals surface area contributed by atoms with Crippen LogP contribution in [0, 0.1) is 6.92 Å². The Labute approximate surface area is 122 Å². The number of carbonyl (C=O) groups is 1. The van der Waals surface area contributed by atoms with E-state index in [1.807, 2.05) is 6.92 Å². The fourth-order valence-electron chi connectivity index (χ4n) is 1.86. The van der Waals surface area contributed by atoms with E-state index in [9.17, 15) is 9.59 Å². The Kier molecular flexibility index (Phi) is 6.28. The predicted octanol–water partition coefficient (Wildman–Crippen LogP) is 3.14. The number of hydrogen-bond acceptors (Lipinski definition) is 2. The van der Waals surface area contributed by atoms with Crippen molar-refractivity contribution >= 4 is 21.8 Å². The van der Waals surface area contributed by atoms with Gasteiger partial charge in [-0.25, -0.2) is 0 Å². The highest BCUT2D eigenvalue weighted by Crippen LogP contribution is 2.13. The fourth-order valence-corrected chi connectivity index (χ4v) is 2.19. The maximum absolute atomic E-state index is 12.1. The second-order valence-corrected chi connectivity index (χ2v) is 5.56. The molecule has 2 N–H and O–H groups in total. The lowest BCUT2D eigenvalue weighted by atomic mass is 10.1. The van der Waals surface area contributed by atoms with Gasteiger partial charge in [-0.1, -0.05) is 26.7 Å². The molecule has 1 aromatic rings. The average molecular weight is 329 g/mol. The van der Waals surface area contributed by atoms with Crippen LogP contribution >= 0.6 is 15.9 Å². The van der Waals surface area contributed by atoms with E-state index >= 15 is 0 Å². The van der Waals surface area contributed by atoms with Crippen LogP contribution in [0.4, 0.5) is 0 Å². The van der Waals surface area contributed by atoms with Gasteiger partial charge >= 0.3 is 0 Å². The van der Waals surface area contributed by atoms with Gasteiger partial charge in [-0.3, -0.25) is 9.59 Å². The molecule has 5 heteroatoms. The van der Waals surface area contributed by atoms with Gasteiger partial charge < -0.3 is 10.3 Å². The highest BCUT2D eigenvalue weighted by Gasteiger charge is 2.16. The monoisotopic (exact) mass is 328 g/mol. The molecule has 1 aromatic heterocycles. The first-order chi connectivity index (χ1) is 8.99. The third-order valence-corrected chi connectivity index (χ3v) is 3.98. The van der Waals surface area contributed by atoms with Crippen molar-refractivity contribution in [1.82, 2.24) is 10.3 Å². The second-order valence-electron chi connectivity index (χ2n) is 4.71. The van der Waals surface area contributed by atoms with Crippen molar-refractivity contribution in [1.29, 1.82) is 0 Å². The Balaban J connectivity index is 2.83. The van der Waals surface area contributed by atoms with Gasteiger partial charge in [0, 0.05) is 16.2 Å². The predicted molar refractivity (Wildman–Crippen MR) is 80.6 cm³/mol. The molecule has 0 fully saturated rings. The van der Waals surface area contributed by atoms with E-state index < -0.39 is 0 Å².